The van der Waals surface area contributed by atoms with Crippen LogP contribution in [-0.4, -0.2) is 15.6 Å². The Bertz CT molecular complexity index is 367. The maximum absolute atomic E-state index is 11.0. The first-order valence-corrected chi connectivity index (χ1v) is 4.84. The Kier molecular flexibility index (Phi) is 2.93. The molecule has 1 aromatic heterocycles. The van der Waals surface area contributed by atoms with Crippen molar-refractivity contribution in [2.75, 3.05) is 0 Å². The highest BCUT2D eigenvalue weighted by molar-refractivity contribution is 5.85. The van der Waals surface area contributed by atoms with E-state index in [1.807, 2.05) is 25.5 Å². The highest BCUT2D eigenvalue weighted by Crippen LogP contribution is 2.09. The molecule has 4 heteroatoms. The molecule has 0 aliphatic rings. The van der Waals surface area contributed by atoms with E-state index in [2.05, 4.69) is 0 Å². The van der Waals surface area contributed by atoms with Gasteiger partial charge in [-0.15, -0.1) is 0 Å². The minimum atomic E-state index is -0.848. The Labute approximate surface area is 83.8 Å². The molecule has 0 fully saturated rings. The van der Waals surface area contributed by atoms with Gasteiger partial charge in [-0.05, 0) is 0 Å². The number of hydrogen-bond acceptors (Lipinski definition) is 1. The third-order valence-corrected chi connectivity index (χ3v) is 2.64. The van der Waals surface area contributed by atoms with Crippen molar-refractivity contribution in [1.82, 2.24) is 4.57 Å². The highest BCUT2D eigenvalue weighted by Gasteiger charge is 2.28. The predicted molar refractivity (Wildman–Crippen MR) is 52.3 cm³/mol. The molecule has 0 aliphatic heterocycles. The van der Waals surface area contributed by atoms with Crippen molar-refractivity contribution >= 4 is 5.97 Å². The molecule has 0 saturated heterocycles. The minimum Gasteiger partial charge on any atom is -0.475 e. The molecule has 0 spiro atoms. The molecule has 0 atom stereocenters. The van der Waals surface area contributed by atoms with Crippen LogP contribution in [0.25, 0.3) is 0 Å². The summed E-state index contributed by atoms with van der Waals surface area (Å²) in [7, 11) is 3.73. The summed E-state index contributed by atoms with van der Waals surface area (Å²) >= 11 is 0. The molecular weight excluding hydrogens is 180 g/mol. The summed E-state index contributed by atoms with van der Waals surface area (Å²) in [5, 5.41) is 9.08. The maximum atomic E-state index is 11.0. The molecule has 0 saturated carbocycles. The van der Waals surface area contributed by atoms with Crippen molar-refractivity contribution in [2.24, 2.45) is 14.1 Å². The summed E-state index contributed by atoms with van der Waals surface area (Å²) in [6.07, 6.45) is 1.58. The second-order valence-electron chi connectivity index (χ2n) is 3.34. The monoisotopic (exact) mass is 197 g/mol. The van der Waals surface area contributed by atoms with E-state index in [0.717, 1.165) is 24.4 Å². The molecule has 1 heterocycles. The van der Waals surface area contributed by atoms with Crippen LogP contribution >= 0.6 is 0 Å². The third kappa shape index (κ3) is 1.41. The van der Waals surface area contributed by atoms with E-state index in [9.17, 15) is 4.79 Å². The molecule has 0 unspecified atom stereocenters. The van der Waals surface area contributed by atoms with E-state index in [-0.39, 0.29) is 0 Å². The zero-order chi connectivity index (χ0) is 10.9. The third-order valence-electron chi connectivity index (χ3n) is 2.64. The van der Waals surface area contributed by atoms with Crippen LogP contribution in [0, 0.1) is 0 Å². The molecule has 14 heavy (non-hydrogen) atoms. The minimum absolute atomic E-state index is 0.409. The van der Waals surface area contributed by atoms with Gasteiger partial charge in [-0.2, -0.15) is 0 Å². The number of nitrogens with zero attached hydrogens (tertiary/aromatic N) is 2. The van der Waals surface area contributed by atoms with Gasteiger partial charge in [-0.1, -0.05) is 13.8 Å². The van der Waals surface area contributed by atoms with E-state index in [1.54, 1.807) is 11.6 Å². The van der Waals surface area contributed by atoms with Gasteiger partial charge >= 0.3 is 5.97 Å². The predicted octanol–water partition coefficient (Wildman–Crippen LogP) is 0.673. The van der Waals surface area contributed by atoms with Crippen molar-refractivity contribution in [3.63, 3.8) is 0 Å². The van der Waals surface area contributed by atoms with Crippen LogP contribution in [0.4, 0.5) is 0 Å². The highest BCUT2D eigenvalue weighted by atomic mass is 16.4. The zero-order valence-electron chi connectivity index (χ0n) is 9.16. The fraction of sp³-hybridized carbons (Fsp3) is 0.600. The Morgan fingerprint density at radius 3 is 2.29 bits per heavy atom. The fourth-order valence-electron chi connectivity index (χ4n) is 2.01. The fourth-order valence-corrected chi connectivity index (χ4v) is 2.01. The summed E-state index contributed by atoms with van der Waals surface area (Å²) in [5.74, 6) is 0.193. The summed E-state index contributed by atoms with van der Waals surface area (Å²) in [4.78, 5) is 11.0. The van der Waals surface area contributed by atoms with Crippen LogP contribution in [-0.2, 0) is 26.9 Å². The van der Waals surface area contributed by atoms with Crippen LogP contribution in [0.5, 0.6) is 0 Å². The van der Waals surface area contributed by atoms with Gasteiger partial charge in [0.2, 0.25) is 0 Å². The molecule has 1 rings (SSSR count). The van der Waals surface area contributed by atoms with Crippen LogP contribution in [0.3, 0.4) is 0 Å². The van der Waals surface area contributed by atoms with E-state index >= 15 is 0 Å². The van der Waals surface area contributed by atoms with Crippen molar-refractivity contribution in [3.8, 4) is 0 Å². The van der Waals surface area contributed by atoms with Crippen LogP contribution in [0.15, 0.2) is 0 Å². The van der Waals surface area contributed by atoms with Gasteiger partial charge in [0.25, 0.3) is 11.5 Å². The Morgan fingerprint density at radius 1 is 1.43 bits per heavy atom. The van der Waals surface area contributed by atoms with Crippen molar-refractivity contribution in [3.05, 3.63) is 17.2 Å². The van der Waals surface area contributed by atoms with Gasteiger partial charge in [-0.25, -0.2) is 13.9 Å². The first kappa shape index (κ1) is 10.8. The van der Waals surface area contributed by atoms with Gasteiger partial charge in [0.1, 0.15) is 0 Å². The van der Waals surface area contributed by atoms with Gasteiger partial charge in [-0.3, -0.25) is 0 Å². The second kappa shape index (κ2) is 3.82. The average molecular weight is 197 g/mol. The molecule has 78 valence electrons. The lowest BCUT2D eigenvalue weighted by Gasteiger charge is -1.93. The SMILES string of the molecule is CCc1c(C(=O)O)[n+](C)c(CC)n1C. The lowest BCUT2D eigenvalue weighted by atomic mass is 10.2. The first-order chi connectivity index (χ1) is 6.54. The molecule has 1 N–H and O–H groups in total. The number of carboxylic acid groups (broad SMARTS) is 1. The van der Waals surface area contributed by atoms with Gasteiger partial charge in [0, 0.05) is 12.8 Å². The molecule has 1 aromatic rings. The van der Waals surface area contributed by atoms with E-state index in [1.165, 1.54) is 0 Å². The van der Waals surface area contributed by atoms with Gasteiger partial charge in [0.15, 0.2) is 5.69 Å². The topological polar surface area (TPSA) is 46.1 Å². The summed E-state index contributed by atoms with van der Waals surface area (Å²) in [6.45, 7) is 4.00. The maximum Gasteiger partial charge on any atom is 0.380 e. The second-order valence-corrected chi connectivity index (χ2v) is 3.34. The number of carboxylic acids is 1. The van der Waals surface area contributed by atoms with Gasteiger partial charge in [0.05, 0.1) is 14.1 Å². The Hall–Kier alpha value is -1.32. The normalized spacial score (nSPS) is 10.6. The lowest BCUT2D eigenvalue weighted by molar-refractivity contribution is -0.681. The summed E-state index contributed by atoms with van der Waals surface area (Å²) in [5.41, 5.74) is 1.30. The molecule has 0 aromatic carbocycles. The quantitative estimate of drug-likeness (QED) is 0.724. The zero-order valence-corrected chi connectivity index (χ0v) is 9.16. The lowest BCUT2D eigenvalue weighted by Crippen LogP contribution is -2.38. The Balaban J connectivity index is 3.47. The summed E-state index contributed by atoms with van der Waals surface area (Å²) in [6, 6.07) is 0. The number of rotatable bonds is 3. The van der Waals surface area contributed by atoms with E-state index in [0.29, 0.717) is 5.69 Å². The van der Waals surface area contributed by atoms with Crippen LogP contribution in [0.1, 0.15) is 35.9 Å². The van der Waals surface area contributed by atoms with Crippen molar-refractivity contribution < 1.29 is 14.5 Å². The van der Waals surface area contributed by atoms with Gasteiger partial charge < -0.3 is 5.11 Å². The molecule has 0 aliphatic carbocycles. The number of hydrogen-bond donors (Lipinski definition) is 1. The summed E-state index contributed by atoms with van der Waals surface area (Å²) < 4.78 is 3.74. The molecular formula is C10H17N2O2+. The van der Waals surface area contributed by atoms with Crippen LogP contribution < -0.4 is 4.57 Å². The number of carbonyl (C=O) groups is 1. The first-order valence-electron chi connectivity index (χ1n) is 4.84. The number of imidazole rings is 1. The van der Waals surface area contributed by atoms with E-state index < -0.39 is 5.97 Å². The number of aromatic nitrogens is 2. The van der Waals surface area contributed by atoms with Crippen molar-refractivity contribution in [2.45, 2.75) is 26.7 Å². The standard InChI is InChI=1S/C10H16N2O2/c1-5-7-9(10(13)14)12(4)8(6-2)11(7)3/h5-6H2,1-4H3/p+1. The van der Waals surface area contributed by atoms with E-state index in [4.69, 9.17) is 5.11 Å². The Morgan fingerprint density at radius 2 is 2.00 bits per heavy atom. The molecule has 0 amide bonds. The average Bonchev–Trinajstić information content (AvgIpc) is 2.37. The molecule has 0 radical (unpaired) electrons. The molecule has 4 nitrogen and oxygen atoms in total. The van der Waals surface area contributed by atoms with Crippen LogP contribution in [0.2, 0.25) is 0 Å². The largest absolute Gasteiger partial charge is 0.475 e. The smallest absolute Gasteiger partial charge is 0.380 e. The van der Waals surface area contributed by atoms with Crippen molar-refractivity contribution in [1.29, 1.82) is 0 Å². The molecule has 0 bridgehead atoms. The number of aromatic carboxylic acids is 1.